The molecule has 8 heteroatoms. The molecular formula is C12H9N5O2S. The smallest absolute Gasteiger partial charge is 0.354 e. The van der Waals surface area contributed by atoms with Gasteiger partial charge in [-0.25, -0.2) is 14.8 Å². The molecule has 0 aliphatic rings. The Morgan fingerprint density at radius 1 is 1.35 bits per heavy atom. The molecule has 3 heterocycles. The zero-order valence-corrected chi connectivity index (χ0v) is 11.2. The van der Waals surface area contributed by atoms with Gasteiger partial charge in [0.1, 0.15) is 17.0 Å². The first-order valence-electron chi connectivity index (χ1n) is 5.68. The Kier molecular flexibility index (Phi) is 3.07. The van der Waals surface area contributed by atoms with Crippen LogP contribution in [-0.2, 0) is 0 Å². The van der Waals surface area contributed by atoms with Crippen LogP contribution in [0, 0.1) is 6.92 Å². The van der Waals surface area contributed by atoms with Crippen LogP contribution in [0.25, 0.3) is 5.78 Å². The number of carbonyl (C=O) groups is 1. The molecule has 0 spiro atoms. The summed E-state index contributed by atoms with van der Waals surface area (Å²) in [6.45, 7) is 1.87. The van der Waals surface area contributed by atoms with Gasteiger partial charge in [0.05, 0.1) is 0 Å². The maximum Gasteiger partial charge on any atom is 0.354 e. The number of aromatic nitrogens is 5. The molecule has 0 unspecified atom stereocenters. The molecule has 0 fully saturated rings. The van der Waals surface area contributed by atoms with E-state index in [1.165, 1.54) is 30.4 Å². The normalized spacial score (nSPS) is 10.8. The third kappa shape index (κ3) is 2.32. The molecule has 0 atom stereocenters. The Bertz CT molecular complexity index is 801. The summed E-state index contributed by atoms with van der Waals surface area (Å²) in [4.78, 5) is 23.8. The molecule has 0 aromatic carbocycles. The number of hydrogen-bond acceptors (Lipinski definition) is 6. The van der Waals surface area contributed by atoms with Gasteiger partial charge in [0, 0.05) is 16.8 Å². The molecule has 3 aromatic rings. The van der Waals surface area contributed by atoms with Crippen LogP contribution in [0.5, 0.6) is 0 Å². The molecular weight excluding hydrogens is 278 g/mol. The Hall–Kier alpha value is -2.48. The van der Waals surface area contributed by atoms with E-state index in [0.717, 1.165) is 15.6 Å². The van der Waals surface area contributed by atoms with Crippen molar-refractivity contribution >= 4 is 23.5 Å². The summed E-state index contributed by atoms with van der Waals surface area (Å²) >= 11 is 1.38. The number of nitrogens with zero attached hydrogens (tertiary/aromatic N) is 5. The molecule has 7 nitrogen and oxygen atoms in total. The van der Waals surface area contributed by atoms with Crippen LogP contribution in [0.2, 0.25) is 0 Å². The maximum absolute atomic E-state index is 10.9. The van der Waals surface area contributed by atoms with Crippen LogP contribution in [0.1, 0.15) is 16.2 Å². The number of fused-ring (bicyclic) bond motifs is 1. The molecule has 20 heavy (non-hydrogen) atoms. The lowest BCUT2D eigenvalue weighted by molar-refractivity contribution is 0.0690. The molecule has 3 rings (SSSR count). The Balaban J connectivity index is 2.02. The van der Waals surface area contributed by atoms with E-state index in [1.807, 2.05) is 13.0 Å². The first kappa shape index (κ1) is 12.5. The second kappa shape index (κ2) is 4.89. The molecule has 0 aliphatic heterocycles. The van der Waals surface area contributed by atoms with Gasteiger partial charge in [-0.05, 0) is 25.1 Å². The van der Waals surface area contributed by atoms with Crippen LogP contribution >= 0.6 is 11.8 Å². The quantitative estimate of drug-likeness (QED) is 0.732. The van der Waals surface area contributed by atoms with Crippen LogP contribution in [0.3, 0.4) is 0 Å². The minimum atomic E-state index is -1.05. The first-order valence-corrected chi connectivity index (χ1v) is 6.50. The second-order valence-corrected chi connectivity index (χ2v) is 5.09. The number of rotatable bonds is 3. The third-order valence-electron chi connectivity index (χ3n) is 2.52. The number of aromatic carboxylic acids is 1. The van der Waals surface area contributed by atoms with E-state index in [0.29, 0.717) is 5.78 Å². The van der Waals surface area contributed by atoms with E-state index >= 15 is 0 Å². The summed E-state index contributed by atoms with van der Waals surface area (Å²) in [5, 5.41) is 13.9. The zero-order valence-electron chi connectivity index (χ0n) is 10.4. The second-order valence-electron chi connectivity index (χ2n) is 3.99. The highest BCUT2D eigenvalue weighted by atomic mass is 32.2. The average Bonchev–Trinajstić information content (AvgIpc) is 2.87. The summed E-state index contributed by atoms with van der Waals surface area (Å²) < 4.78 is 1.61. The lowest BCUT2D eigenvalue weighted by Gasteiger charge is -2.05. The van der Waals surface area contributed by atoms with E-state index < -0.39 is 5.97 Å². The third-order valence-corrected chi connectivity index (χ3v) is 3.51. The number of carboxylic acid groups (broad SMARTS) is 1. The summed E-state index contributed by atoms with van der Waals surface area (Å²) in [6, 6.07) is 5.13. The topological polar surface area (TPSA) is 93.3 Å². The van der Waals surface area contributed by atoms with Crippen molar-refractivity contribution < 1.29 is 9.90 Å². The van der Waals surface area contributed by atoms with Crippen LogP contribution in [0.15, 0.2) is 40.6 Å². The fourth-order valence-electron chi connectivity index (χ4n) is 1.68. The van der Waals surface area contributed by atoms with Crippen LogP contribution in [0.4, 0.5) is 0 Å². The van der Waals surface area contributed by atoms with Gasteiger partial charge < -0.3 is 5.11 Å². The van der Waals surface area contributed by atoms with E-state index in [1.54, 1.807) is 10.6 Å². The number of carboxylic acids is 1. The molecule has 1 N–H and O–H groups in total. The Morgan fingerprint density at radius 3 is 3.00 bits per heavy atom. The fraction of sp³-hybridized carbons (Fsp3) is 0.0833. The van der Waals surface area contributed by atoms with E-state index in [-0.39, 0.29) is 5.69 Å². The minimum Gasteiger partial charge on any atom is -0.477 e. The van der Waals surface area contributed by atoms with Crippen molar-refractivity contribution in [3.8, 4) is 0 Å². The van der Waals surface area contributed by atoms with Gasteiger partial charge in [-0.15, -0.1) is 0 Å². The van der Waals surface area contributed by atoms with Gasteiger partial charge in [0.15, 0.2) is 0 Å². The van der Waals surface area contributed by atoms with Crippen LogP contribution < -0.4 is 0 Å². The van der Waals surface area contributed by atoms with Crippen molar-refractivity contribution in [3.05, 3.63) is 42.1 Å². The fourth-order valence-corrected chi connectivity index (χ4v) is 2.67. The van der Waals surface area contributed by atoms with Gasteiger partial charge in [0.2, 0.25) is 0 Å². The van der Waals surface area contributed by atoms with Crippen LogP contribution in [-0.4, -0.2) is 35.6 Å². The predicted octanol–water partition coefficient (Wildman–Crippen LogP) is 1.68. The molecule has 0 saturated carbocycles. The Labute approximate surface area is 117 Å². The van der Waals surface area contributed by atoms with Gasteiger partial charge in [0.25, 0.3) is 5.78 Å². The Morgan fingerprint density at radius 2 is 2.20 bits per heavy atom. The lowest BCUT2D eigenvalue weighted by atomic mass is 10.3. The summed E-state index contributed by atoms with van der Waals surface area (Å²) in [5.41, 5.74) is 0.830. The zero-order chi connectivity index (χ0) is 14.1. The van der Waals surface area contributed by atoms with Gasteiger partial charge in [-0.2, -0.15) is 14.6 Å². The van der Waals surface area contributed by atoms with E-state index in [4.69, 9.17) is 5.11 Å². The molecule has 0 bridgehead atoms. The largest absolute Gasteiger partial charge is 0.477 e. The van der Waals surface area contributed by atoms with Crippen molar-refractivity contribution in [2.24, 2.45) is 0 Å². The highest BCUT2D eigenvalue weighted by molar-refractivity contribution is 7.99. The molecule has 0 radical (unpaired) electrons. The average molecular weight is 287 g/mol. The predicted molar refractivity (Wildman–Crippen MR) is 70.8 cm³/mol. The SMILES string of the molecule is Cc1cc(Sc2ccnc(C(=O)O)c2)n2ncnc2n1. The van der Waals surface area contributed by atoms with Gasteiger partial charge >= 0.3 is 5.97 Å². The number of aryl methyl sites for hydroxylation is 1. The van der Waals surface area contributed by atoms with E-state index in [2.05, 4.69) is 20.1 Å². The summed E-state index contributed by atoms with van der Waals surface area (Å²) in [6.07, 6.45) is 2.90. The van der Waals surface area contributed by atoms with Crippen molar-refractivity contribution in [1.82, 2.24) is 24.6 Å². The number of hydrogen-bond donors (Lipinski definition) is 1. The van der Waals surface area contributed by atoms with Crippen molar-refractivity contribution in [1.29, 1.82) is 0 Å². The van der Waals surface area contributed by atoms with Crippen molar-refractivity contribution in [3.63, 3.8) is 0 Å². The summed E-state index contributed by atoms with van der Waals surface area (Å²) in [7, 11) is 0. The highest BCUT2D eigenvalue weighted by Crippen LogP contribution is 2.27. The van der Waals surface area contributed by atoms with Gasteiger partial charge in [-0.3, -0.25) is 0 Å². The van der Waals surface area contributed by atoms with Gasteiger partial charge in [-0.1, -0.05) is 11.8 Å². The summed E-state index contributed by atoms with van der Waals surface area (Å²) in [5.74, 6) is -0.538. The van der Waals surface area contributed by atoms with Crippen molar-refractivity contribution in [2.45, 2.75) is 16.8 Å². The van der Waals surface area contributed by atoms with E-state index in [9.17, 15) is 4.79 Å². The molecule has 0 aliphatic carbocycles. The standard InChI is InChI=1S/C12H9N5O2S/c1-7-4-10(17-12(16-7)14-6-15-17)20-8-2-3-13-9(5-8)11(18)19/h2-6H,1H3,(H,18,19). The van der Waals surface area contributed by atoms with Crippen molar-refractivity contribution in [2.75, 3.05) is 0 Å². The molecule has 3 aromatic heterocycles. The molecule has 100 valence electrons. The monoisotopic (exact) mass is 287 g/mol. The maximum atomic E-state index is 10.9. The molecule has 0 saturated heterocycles. The molecule has 0 amide bonds. The number of pyridine rings is 1. The lowest BCUT2D eigenvalue weighted by Crippen LogP contribution is -2.00. The first-order chi connectivity index (χ1) is 9.63. The minimum absolute atomic E-state index is 0.00983. The highest BCUT2D eigenvalue weighted by Gasteiger charge is 2.10.